The number of rotatable bonds is 1. The molecule has 2 aromatic rings. The maximum Gasteiger partial charge on any atom is 0.0528 e. The summed E-state index contributed by atoms with van der Waals surface area (Å²) in [6.45, 7) is 5.79. The number of hydrogen-bond donors (Lipinski definition) is 0. The van der Waals surface area contributed by atoms with Crippen LogP contribution in [0.15, 0.2) is 30.3 Å². The second-order valence-corrected chi connectivity index (χ2v) is 5.56. The van der Waals surface area contributed by atoms with Crippen molar-refractivity contribution in [3.05, 3.63) is 41.6 Å². The summed E-state index contributed by atoms with van der Waals surface area (Å²) >= 11 is 0. The summed E-state index contributed by atoms with van der Waals surface area (Å²) in [5, 5.41) is 1.46. The van der Waals surface area contributed by atoms with Gasteiger partial charge in [0.05, 0.1) is 5.52 Å². The van der Waals surface area contributed by atoms with Crippen LogP contribution >= 0.6 is 0 Å². The number of benzene rings is 1. The van der Waals surface area contributed by atoms with Crippen LogP contribution in [-0.2, 0) is 13.0 Å². The summed E-state index contributed by atoms with van der Waals surface area (Å²) in [4.78, 5) is 2.56. The van der Waals surface area contributed by atoms with Crippen LogP contribution in [0.25, 0.3) is 17.1 Å². The van der Waals surface area contributed by atoms with Crippen molar-refractivity contribution >= 4 is 17.1 Å². The van der Waals surface area contributed by atoms with Crippen molar-refractivity contribution in [2.24, 2.45) is 5.92 Å². The highest BCUT2D eigenvalue weighted by Crippen LogP contribution is 2.36. The lowest BCUT2D eigenvalue weighted by Gasteiger charge is -2.36. The fourth-order valence-electron chi connectivity index (χ4n) is 3.54. The number of aromatic nitrogens is 1. The van der Waals surface area contributed by atoms with Crippen molar-refractivity contribution in [1.82, 2.24) is 9.47 Å². The first-order valence-corrected chi connectivity index (χ1v) is 6.82. The van der Waals surface area contributed by atoms with Crippen LogP contribution in [0.2, 0.25) is 0 Å². The van der Waals surface area contributed by atoms with Gasteiger partial charge in [0.15, 0.2) is 0 Å². The van der Waals surface area contributed by atoms with E-state index in [1.165, 1.54) is 36.1 Å². The van der Waals surface area contributed by atoms with E-state index in [9.17, 15) is 0 Å². The normalized spacial score (nSPS) is 26.1. The van der Waals surface area contributed by atoms with E-state index < -0.39 is 0 Å². The van der Waals surface area contributed by atoms with Gasteiger partial charge in [-0.2, -0.15) is 0 Å². The van der Waals surface area contributed by atoms with E-state index in [2.05, 4.69) is 52.9 Å². The summed E-state index contributed by atoms with van der Waals surface area (Å²) < 4.78 is 2.39. The van der Waals surface area contributed by atoms with Gasteiger partial charge in [-0.3, -0.25) is 4.90 Å². The molecule has 0 atom stereocenters. The highest BCUT2D eigenvalue weighted by Gasteiger charge is 2.34. The molecule has 18 heavy (non-hydrogen) atoms. The predicted molar refractivity (Wildman–Crippen MR) is 75.4 cm³/mol. The van der Waals surface area contributed by atoms with Crippen LogP contribution in [0.1, 0.15) is 18.2 Å². The van der Waals surface area contributed by atoms with Crippen LogP contribution in [-0.4, -0.2) is 22.6 Å². The number of hydrogen-bond acceptors (Lipinski definition) is 1. The highest BCUT2D eigenvalue weighted by atomic mass is 15.2. The molecule has 1 fully saturated rings. The molecule has 0 saturated carbocycles. The van der Waals surface area contributed by atoms with Gasteiger partial charge >= 0.3 is 0 Å². The molecular weight excluding hydrogens is 220 g/mol. The first kappa shape index (κ1) is 10.4. The monoisotopic (exact) mass is 238 g/mol. The number of nitrogens with zero attached hydrogens (tertiary/aromatic N) is 2. The van der Waals surface area contributed by atoms with Crippen molar-refractivity contribution in [2.75, 3.05) is 13.1 Å². The lowest BCUT2D eigenvalue weighted by Crippen LogP contribution is -2.44. The minimum atomic E-state index is 0.885. The Morgan fingerprint density at radius 3 is 2.89 bits per heavy atom. The largest absolute Gasteiger partial charge is 0.319 e. The van der Waals surface area contributed by atoms with Crippen LogP contribution < -0.4 is 0 Å². The van der Waals surface area contributed by atoms with Crippen molar-refractivity contribution in [2.45, 2.75) is 19.9 Å². The molecule has 0 spiro atoms. The number of fused-ring (bicyclic) bond motifs is 1. The standard InChI is InChI=1S/C16H18N2/c1-2-7-18-15-6-4-3-5-13(15)14-8-12-9-17(10-12)11-16(14)18/h2-7,12H,8-11H2,1H3/b7-2+. The molecule has 4 heterocycles. The molecule has 92 valence electrons. The molecule has 3 aliphatic heterocycles. The van der Waals surface area contributed by atoms with Gasteiger partial charge in [-0.15, -0.1) is 0 Å². The lowest BCUT2D eigenvalue weighted by atomic mass is 9.94. The topological polar surface area (TPSA) is 8.17 Å². The molecule has 0 amide bonds. The first-order chi connectivity index (χ1) is 8.86. The second kappa shape index (κ2) is 3.72. The number of para-hydroxylation sites is 1. The summed E-state index contributed by atoms with van der Waals surface area (Å²) in [6.07, 6.45) is 5.61. The SMILES string of the molecule is C/C=C/n1c2c(c3ccccc31)CC1CN(C2)C1. The molecule has 2 bridgehead atoms. The molecule has 0 radical (unpaired) electrons. The Hall–Kier alpha value is -1.54. The Balaban J connectivity index is 2.02. The average molecular weight is 238 g/mol. The van der Waals surface area contributed by atoms with Gasteiger partial charge in [-0.05, 0) is 30.9 Å². The van der Waals surface area contributed by atoms with E-state index in [-0.39, 0.29) is 0 Å². The molecule has 0 unspecified atom stereocenters. The molecule has 3 aliphatic rings. The maximum atomic E-state index is 2.56. The lowest BCUT2D eigenvalue weighted by molar-refractivity contribution is 0.101. The fraction of sp³-hybridized carbons (Fsp3) is 0.375. The van der Waals surface area contributed by atoms with E-state index in [0.29, 0.717) is 0 Å². The van der Waals surface area contributed by atoms with Crippen molar-refractivity contribution in [3.8, 4) is 0 Å². The zero-order chi connectivity index (χ0) is 12.1. The predicted octanol–water partition coefficient (Wildman–Crippen LogP) is 3.12. The summed E-state index contributed by atoms with van der Waals surface area (Å²) in [6, 6.07) is 8.83. The summed E-state index contributed by atoms with van der Waals surface area (Å²) in [7, 11) is 0. The van der Waals surface area contributed by atoms with Crippen LogP contribution in [0.4, 0.5) is 0 Å². The van der Waals surface area contributed by atoms with E-state index >= 15 is 0 Å². The summed E-state index contributed by atoms with van der Waals surface area (Å²) in [5.74, 6) is 0.885. The Labute approximate surface area is 108 Å². The Bertz CT molecular complexity index is 630. The quantitative estimate of drug-likeness (QED) is 0.741. The fourth-order valence-corrected chi connectivity index (χ4v) is 3.54. The zero-order valence-electron chi connectivity index (χ0n) is 10.8. The third kappa shape index (κ3) is 1.33. The van der Waals surface area contributed by atoms with Gasteiger partial charge < -0.3 is 4.57 Å². The molecule has 1 aromatic heterocycles. The highest BCUT2D eigenvalue weighted by molar-refractivity contribution is 5.87. The Kier molecular flexibility index (Phi) is 2.15. The van der Waals surface area contributed by atoms with E-state index in [1.54, 1.807) is 5.56 Å². The molecular formula is C16H18N2. The molecule has 1 saturated heterocycles. The van der Waals surface area contributed by atoms with Gasteiger partial charge in [0, 0.05) is 36.9 Å². The van der Waals surface area contributed by atoms with Crippen LogP contribution in [0, 0.1) is 5.92 Å². The van der Waals surface area contributed by atoms with Crippen molar-refractivity contribution in [3.63, 3.8) is 0 Å². The van der Waals surface area contributed by atoms with Crippen LogP contribution in [0.3, 0.4) is 0 Å². The van der Waals surface area contributed by atoms with Gasteiger partial charge in [0.1, 0.15) is 0 Å². The number of allylic oxidation sites excluding steroid dienone is 1. The van der Waals surface area contributed by atoms with E-state index in [1.807, 2.05) is 0 Å². The second-order valence-electron chi connectivity index (χ2n) is 5.56. The molecule has 0 aliphatic carbocycles. The first-order valence-electron chi connectivity index (χ1n) is 6.82. The van der Waals surface area contributed by atoms with Gasteiger partial charge in [-0.25, -0.2) is 0 Å². The van der Waals surface area contributed by atoms with Gasteiger partial charge in [0.25, 0.3) is 0 Å². The molecule has 0 N–H and O–H groups in total. The van der Waals surface area contributed by atoms with Gasteiger partial charge in [-0.1, -0.05) is 24.3 Å². The van der Waals surface area contributed by atoms with E-state index in [0.717, 1.165) is 12.5 Å². The third-order valence-corrected chi connectivity index (χ3v) is 4.32. The zero-order valence-corrected chi connectivity index (χ0v) is 10.8. The van der Waals surface area contributed by atoms with Crippen molar-refractivity contribution < 1.29 is 0 Å². The van der Waals surface area contributed by atoms with Gasteiger partial charge in [0.2, 0.25) is 0 Å². The van der Waals surface area contributed by atoms with E-state index in [4.69, 9.17) is 0 Å². The minimum Gasteiger partial charge on any atom is -0.319 e. The average Bonchev–Trinajstić information content (AvgIpc) is 2.53. The smallest absolute Gasteiger partial charge is 0.0528 e. The third-order valence-electron chi connectivity index (χ3n) is 4.32. The molecule has 5 rings (SSSR count). The molecule has 1 aromatic carbocycles. The minimum absolute atomic E-state index is 0.885. The van der Waals surface area contributed by atoms with Crippen molar-refractivity contribution in [1.29, 1.82) is 0 Å². The Morgan fingerprint density at radius 1 is 1.22 bits per heavy atom. The Morgan fingerprint density at radius 2 is 2.06 bits per heavy atom. The molecule has 2 nitrogen and oxygen atoms in total. The van der Waals surface area contributed by atoms with Crippen LogP contribution in [0.5, 0.6) is 0 Å². The molecule has 2 heteroatoms. The maximum absolute atomic E-state index is 2.56. The summed E-state index contributed by atoms with van der Waals surface area (Å²) in [5.41, 5.74) is 4.46.